The van der Waals surface area contributed by atoms with Crippen LogP contribution in [0.2, 0.25) is 0 Å². The van der Waals surface area contributed by atoms with Gasteiger partial charge in [0.05, 0.1) is 9.40 Å². The Labute approximate surface area is 271 Å². The molecule has 230 valence electrons. The summed E-state index contributed by atoms with van der Waals surface area (Å²) in [5.74, 6) is 0. The van der Waals surface area contributed by atoms with Crippen LogP contribution < -0.4 is 0 Å². The van der Waals surface area contributed by atoms with Crippen molar-refractivity contribution in [2.75, 3.05) is 0 Å². The van der Waals surface area contributed by atoms with Gasteiger partial charge in [-0.3, -0.25) is 0 Å². The van der Waals surface area contributed by atoms with Crippen LogP contribution in [-0.2, 0) is 12.8 Å². The Kier molecular flexibility index (Phi) is 13.5. The first-order valence-electron chi connectivity index (χ1n) is 17.5. The second-order valence-corrected chi connectivity index (χ2v) is 16.6. The van der Waals surface area contributed by atoms with E-state index in [-0.39, 0.29) is 0 Å². The number of hydrogen-bond donors (Lipinski definition) is 0. The summed E-state index contributed by atoms with van der Waals surface area (Å²) in [7, 11) is 0. The first kappa shape index (κ1) is 32.5. The third-order valence-electron chi connectivity index (χ3n) is 9.23. The number of fused-ring (bicyclic) bond motifs is 6. The highest BCUT2D eigenvalue weighted by molar-refractivity contribution is 7.34. The summed E-state index contributed by atoms with van der Waals surface area (Å²) in [5, 5.41) is 7.95. The standard InChI is InChI=1S/C38H54S4/c1-3-5-7-9-11-13-15-17-19-21-23-29-27-39-37-31-25-34-32(26-33(31)41-35(29)37)38-36(42-34)30(28-40-38)24-22-20-18-16-14-12-10-8-6-4-2/h25-28H,3-24H2,1-2H3. The quantitative estimate of drug-likeness (QED) is 0.0662. The fourth-order valence-corrected chi connectivity index (χ4v) is 11.8. The molecule has 4 heteroatoms. The number of aryl methyl sites for hydroxylation is 2. The Morgan fingerprint density at radius 2 is 0.738 bits per heavy atom. The first-order chi connectivity index (χ1) is 20.8. The van der Waals surface area contributed by atoms with E-state index in [1.165, 1.54) is 161 Å². The van der Waals surface area contributed by atoms with Crippen molar-refractivity contribution in [1.82, 2.24) is 0 Å². The van der Waals surface area contributed by atoms with Crippen LogP contribution in [0.25, 0.3) is 39.0 Å². The lowest BCUT2D eigenvalue weighted by molar-refractivity contribution is 0.556. The molecule has 4 heterocycles. The largest absolute Gasteiger partial charge is 0.142 e. The van der Waals surface area contributed by atoms with Crippen molar-refractivity contribution in [2.45, 2.75) is 155 Å². The SMILES string of the molecule is CCCCCCCCCCCCc1csc2c1sc1cc3c(cc12)sc1c(CCCCCCCCCCCC)csc13. The number of thiophene rings is 4. The molecule has 0 fully saturated rings. The molecule has 4 aromatic heterocycles. The van der Waals surface area contributed by atoms with Gasteiger partial charge < -0.3 is 0 Å². The number of unbranched alkanes of at least 4 members (excludes halogenated alkanes) is 18. The van der Waals surface area contributed by atoms with Crippen molar-refractivity contribution in [3.63, 3.8) is 0 Å². The van der Waals surface area contributed by atoms with Gasteiger partial charge in [0.2, 0.25) is 0 Å². The van der Waals surface area contributed by atoms with Gasteiger partial charge in [0.1, 0.15) is 0 Å². The van der Waals surface area contributed by atoms with Crippen LogP contribution in [0.1, 0.15) is 153 Å². The highest BCUT2D eigenvalue weighted by Gasteiger charge is 2.16. The summed E-state index contributed by atoms with van der Waals surface area (Å²) in [6, 6.07) is 5.07. The Morgan fingerprint density at radius 1 is 0.405 bits per heavy atom. The molecule has 0 N–H and O–H groups in total. The van der Waals surface area contributed by atoms with E-state index < -0.39 is 0 Å². The lowest BCUT2D eigenvalue weighted by atomic mass is 10.0. The van der Waals surface area contributed by atoms with Crippen molar-refractivity contribution in [1.29, 1.82) is 0 Å². The molecule has 0 saturated carbocycles. The van der Waals surface area contributed by atoms with E-state index in [0.717, 1.165) is 0 Å². The van der Waals surface area contributed by atoms with E-state index in [1.54, 1.807) is 29.9 Å². The Hall–Kier alpha value is -0.940. The van der Waals surface area contributed by atoms with Crippen molar-refractivity contribution in [3.05, 3.63) is 34.0 Å². The maximum Gasteiger partial charge on any atom is 0.0532 e. The first-order valence-corrected chi connectivity index (χ1v) is 20.9. The summed E-state index contributed by atoms with van der Waals surface area (Å²) >= 11 is 8.10. The molecule has 0 nitrogen and oxygen atoms in total. The zero-order valence-corrected chi connectivity index (χ0v) is 29.8. The van der Waals surface area contributed by atoms with Crippen LogP contribution in [-0.4, -0.2) is 0 Å². The molecule has 0 amide bonds. The summed E-state index contributed by atoms with van der Waals surface area (Å²) in [5.41, 5.74) is 3.22. The highest BCUT2D eigenvalue weighted by atomic mass is 32.1. The molecule has 5 aromatic rings. The van der Waals surface area contributed by atoms with Gasteiger partial charge in [-0.15, -0.1) is 45.3 Å². The molecule has 0 bridgehead atoms. The van der Waals surface area contributed by atoms with Gasteiger partial charge in [-0.1, -0.05) is 129 Å². The molecule has 42 heavy (non-hydrogen) atoms. The van der Waals surface area contributed by atoms with Crippen LogP contribution >= 0.6 is 45.3 Å². The van der Waals surface area contributed by atoms with Gasteiger partial charge in [0.15, 0.2) is 0 Å². The van der Waals surface area contributed by atoms with Crippen LogP contribution in [0, 0.1) is 0 Å². The van der Waals surface area contributed by atoms with Gasteiger partial charge in [0.25, 0.3) is 0 Å². The smallest absolute Gasteiger partial charge is 0.0532 e. The minimum absolute atomic E-state index is 1.26. The van der Waals surface area contributed by atoms with E-state index in [1.807, 2.05) is 22.7 Å². The zero-order chi connectivity index (χ0) is 29.0. The fourth-order valence-electron chi connectivity index (χ4n) is 6.62. The molecule has 0 unspecified atom stereocenters. The summed E-state index contributed by atoms with van der Waals surface area (Å²) < 4.78 is 9.24. The van der Waals surface area contributed by atoms with Crippen LogP contribution in [0.5, 0.6) is 0 Å². The molecule has 0 aliphatic rings. The van der Waals surface area contributed by atoms with E-state index in [4.69, 9.17) is 0 Å². The van der Waals surface area contributed by atoms with E-state index >= 15 is 0 Å². The molecule has 0 saturated heterocycles. The second-order valence-electron chi connectivity index (χ2n) is 12.8. The lowest BCUT2D eigenvalue weighted by Crippen LogP contribution is -1.85. The van der Waals surface area contributed by atoms with Gasteiger partial charge in [-0.25, -0.2) is 0 Å². The topological polar surface area (TPSA) is 0 Å². The van der Waals surface area contributed by atoms with E-state index in [2.05, 4.69) is 59.4 Å². The van der Waals surface area contributed by atoms with Gasteiger partial charge in [0, 0.05) is 29.6 Å². The lowest BCUT2D eigenvalue weighted by Gasteiger charge is -2.02. The third kappa shape index (κ3) is 8.61. The predicted molar refractivity (Wildman–Crippen MR) is 199 cm³/mol. The molecular weight excluding hydrogens is 585 g/mol. The molecule has 0 spiro atoms. The van der Waals surface area contributed by atoms with Crippen molar-refractivity contribution in [3.8, 4) is 0 Å². The summed E-state index contributed by atoms with van der Waals surface area (Å²) in [6.45, 7) is 4.61. The Morgan fingerprint density at radius 3 is 1.10 bits per heavy atom. The van der Waals surface area contributed by atoms with Gasteiger partial charge >= 0.3 is 0 Å². The number of hydrogen-bond acceptors (Lipinski definition) is 4. The van der Waals surface area contributed by atoms with Crippen molar-refractivity contribution in [2.24, 2.45) is 0 Å². The van der Waals surface area contributed by atoms with Crippen molar-refractivity contribution < 1.29 is 0 Å². The average Bonchev–Trinajstić information content (AvgIpc) is 3.75. The predicted octanol–water partition coefficient (Wildman–Crippen LogP) is 15.5. The van der Waals surface area contributed by atoms with Gasteiger partial charge in [-0.05, 0) is 59.7 Å². The van der Waals surface area contributed by atoms with Crippen LogP contribution in [0.3, 0.4) is 0 Å². The monoisotopic (exact) mass is 638 g/mol. The Balaban J connectivity index is 1.11. The molecule has 0 radical (unpaired) electrons. The van der Waals surface area contributed by atoms with Gasteiger partial charge in [-0.2, -0.15) is 0 Å². The second kappa shape index (κ2) is 17.5. The maximum atomic E-state index is 2.53. The van der Waals surface area contributed by atoms with E-state index in [0.29, 0.717) is 0 Å². The van der Waals surface area contributed by atoms with Crippen LogP contribution in [0.15, 0.2) is 22.9 Å². The minimum Gasteiger partial charge on any atom is -0.142 e. The van der Waals surface area contributed by atoms with Crippen molar-refractivity contribution >= 4 is 84.3 Å². The van der Waals surface area contributed by atoms with E-state index in [9.17, 15) is 0 Å². The molecule has 1 aromatic carbocycles. The molecule has 0 aliphatic carbocycles. The molecule has 0 aliphatic heterocycles. The zero-order valence-electron chi connectivity index (χ0n) is 26.5. The molecular formula is C38H54S4. The third-order valence-corrected chi connectivity index (χ3v) is 14.1. The Bertz CT molecular complexity index is 1360. The number of benzene rings is 1. The van der Waals surface area contributed by atoms with Crippen LogP contribution in [0.4, 0.5) is 0 Å². The molecule has 0 atom stereocenters. The fraction of sp³-hybridized carbons (Fsp3) is 0.632. The minimum atomic E-state index is 1.26. The average molecular weight is 639 g/mol. The summed E-state index contributed by atoms with van der Waals surface area (Å²) in [4.78, 5) is 0. The number of rotatable bonds is 22. The highest BCUT2D eigenvalue weighted by Crippen LogP contribution is 2.47. The maximum absolute atomic E-state index is 2.53. The summed E-state index contributed by atoms with van der Waals surface area (Å²) in [6.07, 6.45) is 30.8. The normalized spacial score (nSPS) is 12.2. The molecule has 5 rings (SSSR count).